The van der Waals surface area contributed by atoms with Crippen molar-refractivity contribution in [2.45, 2.75) is 39.3 Å². The number of hydrogen-bond donors (Lipinski definition) is 1. The van der Waals surface area contributed by atoms with Gasteiger partial charge in [-0.15, -0.1) is 0 Å². The molecule has 0 radical (unpaired) electrons. The molecule has 1 unspecified atom stereocenters. The maximum absolute atomic E-state index is 11.5. The topological polar surface area (TPSA) is 58.6 Å². The largest absolute Gasteiger partial charge is 0.447 e. The van der Waals surface area contributed by atoms with Gasteiger partial charge in [0.05, 0.1) is 6.10 Å². The van der Waals surface area contributed by atoms with Gasteiger partial charge in [-0.2, -0.15) is 0 Å². The lowest BCUT2D eigenvalue weighted by molar-refractivity contribution is -0.119. The first-order chi connectivity index (χ1) is 6.99. The summed E-state index contributed by atoms with van der Waals surface area (Å²) < 4.78 is 5.06. The summed E-state index contributed by atoms with van der Waals surface area (Å²) in [6, 6.07) is 0.0715. The molecule has 0 aromatic heterocycles. The van der Waals surface area contributed by atoms with Crippen molar-refractivity contribution in [3.05, 3.63) is 0 Å². The van der Waals surface area contributed by atoms with E-state index in [9.17, 15) is 9.59 Å². The highest BCUT2D eigenvalue weighted by atomic mass is 16.6. The van der Waals surface area contributed by atoms with E-state index in [1.807, 2.05) is 13.8 Å². The number of amides is 2. The van der Waals surface area contributed by atoms with Gasteiger partial charge >= 0.3 is 6.09 Å². The molecule has 0 bridgehead atoms. The van der Waals surface area contributed by atoms with Gasteiger partial charge in [0.2, 0.25) is 5.91 Å². The smallest absolute Gasteiger partial charge is 0.410 e. The van der Waals surface area contributed by atoms with Crippen LogP contribution < -0.4 is 5.32 Å². The number of ether oxygens (including phenoxy) is 1. The summed E-state index contributed by atoms with van der Waals surface area (Å²) >= 11 is 0. The molecule has 5 nitrogen and oxygen atoms in total. The third kappa shape index (κ3) is 3.77. The lowest BCUT2D eigenvalue weighted by atomic mass is 10.3. The minimum atomic E-state index is -0.294. The maximum Gasteiger partial charge on any atom is 0.410 e. The Morgan fingerprint density at radius 1 is 1.47 bits per heavy atom. The van der Waals surface area contributed by atoms with Crippen LogP contribution in [0.15, 0.2) is 0 Å². The van der Waals surface area contributed by atoms with E-state index in [1.165, 1.54) is 6.92 Å². The maximum atomic E-state index is 11.5. The standard InChI is InChI=1S/C10H18N2O3/c1-7(2)15-10(14)12-5-4-9(6-12)11-8(3)13/h7,9H,4-6H2,1-3H3,(H,11,13). The fraction of sp³-hybridized carbons (Fsp3) is 0.800. The highest BCUT2D eigenvalue weighted by Crippen LogP contribution is 2.11. The molecule has 1 aliphatic heterocycles. The Labute approximate surface area is 89.8 Å². The number of rotatable bonds is 2. The molecule has 1 aliphatic rings. The van der Waals surface area contributed by atoms with Gasteiger partial charge < -0.3 is 15.0 Å². The van der Waals surface area contributed by atoms with Crippen LogP contribution in [0.5, 0.6) is 0 Å². The zero-order valence-corrected chi connectivity index (χ0v) is 9.45. The molecule has 1 heterocycles. The average molecular weight is 214 g/mol. The zero-order valence-electron chi connectivity index (χ0n) is 9.45. The first kappa shape index (κ1) is 11.8. The van der Waals surface area contributed by atoms with Crippen LogP contribution in [0.2, 0.25) is 0 Å². The van der Waals surface area contributed by atoms with Gasteiger partial charge in [-0.05, 0) is 20.3 Å². The summed E-state index contributed by atoms with van der Waals surface area (Å²) in [5, 5.41) is 2.79. The second-order valence-corrected chi connectivity index (χ2v) is 4.06. The first-order valence-corrected chi connectivity index (χ1v) is 5.21. The van der Waals surface area contributed by atoms with Crippen molar-refractivity contribution in [2.75, 3.05) is 13.1 Å². The summed E-state index contributed by atoms with van der Waals surface area (Å²) in [5.74, 6) is -0.0564. The molecule has 1 atom stereocenters. The highest BCUT2D eigenvalue weighted by molar-refractivity contribution is 5.73. The second kappa shape index (κ2) is 5.00. The van der Waals surface area contributed by atoms with Gasteiger partial charge in [0, 0.05) is 26.1 Å². The fourth-order valence-electron chi connectivity index (χ4n) is 1.61. The molecule has 1 N–H and O–H groups in total. The summed E-state index contributed by atoms with van der Waals surface area (Å²) in [6.07, 6.45) is 0.405. The molecule has 86 valence electrons. The molecular formula is C10H18N2O3. The number of likely N-dealkylation sites (tertiary alicyclic amines) is 1. The Morgan fingerprint density at radius 3 is 2.67 bits per heavy atom. The van der Waals surface area contributed by atoms with Gasteiger partial charge in [0.25, 0.3) is 0 Å². The van der Waals surface area contributed by atoms with E-state index in [1.54, 1.807) is 4.90 Å². The summed E-state index contributed by atoms with van der Waals surface area (Å²) in [6.45, 7) is 6.31. The normalized spacial score (nSPS) is 20.5. The lowest BCUT2D eigenvalue weighted by Gasteiger charge is -2.18. The van der Waals surface area contributed by atoms with Crippen LogP contribution >= 0.6 is 0 Å². The minimum Gasteiger partial charge on any atom is -0.447 e. The molecule has 0 aliphatic carbocycles. The van der Waals surface area contributed by atoms with Gasteiger partial charge in [-0.3, -0.25) is 4.79 Å². The molecule has 15 heavy (non-hydrogen) atoms. The molecule has 0 saturated carbocycles. The number of carbonyl (C=O) groups excluding carboxylic acids is 2. The Balaban J connectivity index is 2.35. The number of carbonyl (C=O) groups is 2. The van der Waals surface area contributed by atoms with E-state index in [0.717, 1.165) is 6.42 Å². The number of nitrogens with zero attached hydrogens (tertiary/aromatic N) is 1. The molecule has 0 spiro atoms. The monoisotopic (exact) mass is 214 g/mol. The van der Waals surface area contributed by atoms with E-state index in [4.69, 9.17) is 4.74 Å². The second-order valence-electron chi connectivity index (χ2n) is 4.06. The van der Waals surface area contributed by atoms with Crippen LogP contribution in [0.3, 0.4) is 0 Å². The van der Waals surface area contributed by atoms with Crippen LogP contribution in [-0.2, 0) is 9.53 Å². The van der Waals surface area contributed by atoms with Gasteiger partial charge in [-0.1, -0.05) is 0 Å². The summed E-state index contributed by atoms with van der Waals surface area (Å²) in [5.41, 5.74) is 0. The van der Waals surface area contributed by atoms with Gasteiger partial charge in [0.1, 0.15) is 0 Å². The molecule has 1 saturated heterocycles. The molecular weight excluding hydrogens is 196 g/mol. The van der Waals surface area contributed by atoms with E-state index >= 15 is 0 Å². The van der Waals surface area contributed by atoms with Crippen LogP contribution in [0.1, 0.15) is 27.2 Å². The quantitative estimate of drug-likeness (QED) is 0.737. The van der Waals surface area contributed by atoms with Crippen molar-refractivity contribution in [3.8, 4) is 0 Å². The van der Waals surface area contributed by atoms with Crippen molar-refractivity contribution < 1.29 is 14.3 Å². The molecule has 1 rings (SSSR count). The minimum absolute atomic E-state index is 0.0564. The highest BCUT2D eigenvalue weighted by Gasteiger charge is 2.27. The molecule has 5 heteroatoms. The van der Waals surface area contributed by atoms with Gasteiger partial charge in [0.15, 0.2) is 0 Å². The van der Waals surface area contributed by atoms with Crippen molar-refractivity contribution in [3.63, 3.8) is 0 Å². The third-order valence-corrected chi connectivity index (χ3v) is 2.19. The molecule has 0 aromatic carbocycles. The summed E-state index contributed by atoms with van der Waals surface area (Å²) in [7, 11) is 0. The van der Waals surface area contributed by atoms with Crippen molar-refractivity contribution in [1.82, 2.24) is 10.2 Å². The van der Waals surface area contributed by atoms with E-state index < -0.39 is 0 Å². The van der Waals surface area contributed by atoms with Crippen molar-refractivity contribution in [2.24, 2.45) is 0 Å². The van der Waals surface area contributed by atoms with E-state index in [2.05, 4.69) is 5.32 Å². The molecule has 1 fully saturated rings. The third-order valence-electron chi connectivity index (χ3n) is 2.19. The SMILES string of the molecule is CC(=O)NC1CCN(C(=O)OC(C)C)C1. The zero-order chi connectivity index (χ0) is 11.4. The average Bonchev–Trinajstić information content (AvgIpc) is 2.50. The first-order valence-electron chi connectivity index (χ1n) is 5.21. The van der Waals surface area contributed by atoms with Gasteiger partial charge in [-0.25, -0.2) is 4.79 Å². The lowest BCUT2D eigenvalue weighted by Crippen LogP contribution is -2.38. The molecule has 2 amide bonds. The fourth-order valence-corrected chi connectivity index (χ4v) is 1.61. The van der Waals surface area contributed by atoms with Crippen molar-refractivity contribution >= 4 is 12.0 Å². The predicted molar refractivity (Wildman–Crippen MR) is 55.4 cm³/mol. The Hall–Kier alpha value is -1.26. The van der Waals surface area contributed by atoms with E-state index in [-0.39, 0.29) is 24.1 Å². The van der Waals surface area contributed by atoms with Crippen molar-refractivity contribution in [1.29, 1.82) is 0 Å². The van der Waals surface area contributed by atoms with E-state index in [0.29, 0.717) is 13.1 Å². The van der Waals surface area contributed by atoms with Crippen LogP contribution in [0.4, 0.5) is 4.79 Å². The Kier molecular flexibility index (Phi) is 3.94. The predicted octanol–water partition coefficient (Wildman–Crippen LogP) is 0.742. The number of nitrogens with one attached hydrogen (secondary N) is 1. The number of hydrogen-bond acceptors (Lipinski definition) is 3. The van der Waals surface area contributed by atoms with Crippen LogP contribution in [-0.4, -0.2) is 42.1 Å². The Morgan fingerprint density at radius 2 is 2.13 bits per heavy atom. The molecule has 0 aromatic rings. The summed E-state index contributed by atoms with van der Waals surface area (Å²) in [4.78, 5) is 23.9. The van der Waals surface area contributed by atoms with Crippen LogP contribution in [0, 0.1) is 0 Å². The Bertz CT molecular complexity index is 253. The van der Waals surface area contributed by atoms with Crippen LogP contribution in [0.25, 0.3) is 0 Å².